The summed E-state index contributed by atoms with van der Waals surface area (Å²) < 4.78 is 5.67. The number of hydrogen-bond donors (Lipinski definition) is 2. The number of halogens is 1. The molecule has 0 bridgehead atoms. The van der Waals surface area contributed by atoms with Gasteiger partial charge in [-0.1, -0.05) is 23.7 Å². The van der Waals surface area contributed by atoms with Crippen LogP contribution in [-0.2, 0) is 6.42 Å². The Morgan fingerprint density at radius 3 is 2.58 bits per heavy atom. The maximum absolute atomic E-state index is 12.4. The van der Waals surface area contributed by atoms with Crippen LogP contribution in [0.1, 0.15) is 36.2 Å². The molecule has 0 atom stereocenters. The van der Waals surface area contributed by atoms with Crippen LogP contribution >= 0.6 is 11.6 Å². The lowest BCUT2D eigenvalue weighted by atomic mass is 10.1. The van der Waals surface area contributed by atoms with Crippen LogP contribution < -0.4 is 10.1 Å². The first-order valence-electron chi connectivity index (χ1n) is 7.98. The summed E-state index contributed by atoms with van der Waals surface area (Å²) in [5.41, 5.74) is 1.56. The second-order valence-electron chi connectivity index (χ2n) is 5.83. The van der Waals surface area contributed by atoms with Crippen molar-refractivity contribution in [3.63, 3.8) is 0 Å². The highest BCUT2D eigenvalue weighted by Gasteiger charge is 2.14. The van der Waals surface area contributed by atoms with E-state index < -0.39 is 0 Å². The van der Waals surface area contributed by atoms with Crippen molar-refractivity contribution in [2.45, 2.75) is 32.8 Å². The molecule has 5 heteroatoms. The number of carbonyl (C=O) groups excluding carboxylic acids is 1. The minimum atomic E-state index is -0.196. The molecule has 0 aromatic heterocycles. The Morgan fingerprint density at radius 1 is 1.21 bits per heavy atom. The third kappa shape index (κ3) is 5.46. The maximum Gasteiger partial charge on any atom is 0.255 e. The molecule has 2 aromatic carbocycles. The predicted molar refractivity (Wildman–Crippen MR) is 96.0 cm³/mol. The molecule has 2 rings (SSSR count). The summed E-state index contributed by atoms with van der Waals surface area (Å²) in [5.74, 6) is 0.593. The first-order valence-corrected chi connectivity index (χ1v) is 8.36. The highest BCUT2D eigenvalue weighted by atomic mass is 35.5. The van der Waals surface area contributed by atoms with Gasteiger partial charge in [0, 0.05) is 11.6 Å². The van der Waals surface area contributed by atoms with Crippen LogP contribution in [0.5, 0.6) is 11.5 Å². The van der Waals surface area contributed by atoms with Crippen molar-refractivity contribution in [3.05, 3.63) is 58.6 Å². The van der Waals surface area contributed by atoms with Gasteiger partial charge >= 0.3 is 0 Å². The summed E-state index contributed by atoms with van der Waals surface area (Å²) in [6.45, 7) is 4.37. The number of phenols is 1. The lowest BCUT2D eigenvalue weighted by molar-refractivity contribution is 0.0947. The summed E-state index contributed by atoms with van der Waals surface area (Å²) in [5, 5.41) is 12.7. The van der Waals surface area contributed by atoms with Crippen LogP contribution in [0.25, 0.3) is 0 Å². The number of aryl methyl sites for hydroxylation is 1. The number of phenolic OH excluding ortho intramolecular Hbond substituents is 1. The van der Waals surface area contributed by atoms with E-state index in [2.05, 4.69) is 5.32 Å². The lowest BCUT2D eigenvalue weighted by Crippen LogP contribution is -2.25. The third-order valence-electron chi connectivity index (χ3n) is 3.41. The first-order chi connectivity index (χ1) is 11.5. The summed E-state index contributed by atoms with van der Waals surface area (Å²) in [4.78, 5) is 12.4. The fraction of sp³-hybridized carbons (Fsp3) is 0.316. The summed E-state index contributed by atoms with van der Waals surface area (Å²) in [7, 11) is 0. The summed E-state index contributed by atoms with van der Waals surface area (Å²) in [6, 6.07) is 12.1. The number of amides is 1. The van der Waals surface area contributed by atoms with Gasteiger partial charge in [0.2, 0.25) is 0 Å². The quantitative estimate of drug-likeness (QED) is 0.738. The second kappa shape index (κ2) is 8.60. The molecule has 0 radical (unpaired) electrons. The lowest BCUT2D eigenvalue weighted by Gasteiger charge is -2.14. The van der Waals surface area contributed by atoms with Gasteiger partial charge in [-0.25, -0.2) is 0 Å². The highest BCUT2D eigenvalue weighted by molar-refractivity contribution is 6.31. The van der Waals surface area contributed by atoms with E-state index in [0.29, 0.717) is 22.9 Å². The molecule has 0 aliphatic carbocycles. The van der Waals surface area contributed by atoms with Crippen molar-refractivity contribution in [2.24, 2.45) is 0 Å². The minimum absolute atomic E-state index is 0.0211. The van der Waals surface area contributed by atoms with Gasteiger partial charge in [-0.3, -0.25) is 4.79 Å². The van der Waals surface area contributed by atoms with Crippen LogP contribution in [0.15, 0.2) is 42.5 Å². The number of rotatable bonds is 7. The average Bonchev–Trinajstić information content (AvgIpc) is 2.54. The van der Waals surface area contributed by atoms with E-state index in [0.717, 1.165) is 18.4 Å². The Bertz CT molecular complexity index is 684. The Hall–Kier alpha value is -2.20. The number of nitrogens with one attached hydrogen (secondary N) is 1. The van der Waals surface area contributed by atoms with E-state index in [9.17, 15) is 9.90 Å². The van der Waals surface area contributed by atoms with Crippen LogP contribution in [0.3, 0.4) is 0 Å². The number of carbonyl (C=O) groups is 1. The summed E-state index contributed by atoms with van der Waals surface area (Å²) >= 11 is 6.00. The van der Waals surface area contributed by atoms with Crippen molar-refractivity contribution in [3.8, 4) is 11.5 Å². The van der Waals surface area contributed by atoms with Gasteiger partial charge in [0.05, 0.1) is 11.7 Å². The smallest absolute Gasteiger partial charge is 0.255 e. The van der Waals surface area contributed by atoms with Gasteiger partial charge in [0.15, 0.2) is 0 Å². The molecule has 0 heterocycles. The zero-order chi connectivity index (χ0) is 17.5. The molecule has 0 saturated carbocycles. The fourth-order valence-electron chi connectivity index (χ4n) is 2.29. The Kier molecular flexibility index (Phi) is 6.50. The molecule has 0 aliphatic rings. The minimum Gasteiger partial charge on any atom is -0.508 e. The molecule has 0 saturated heterocycles. The number of ether oxygens (including phenoxy) is 1. The van der Waals surface area contributed by atoms with Gasteiger partial charge in [-0.15, -0.1) is 0 Å². The van der Waals surface area contributed by atoms with Crippen molar-refractivity contribution < 1.29 is 14.6 Å². The number of hydrogen-bond acceptors (Lipinski definition) is 3. The molecule has 128 valence electrons. The molecule has 0 unspecified atom stereocenters. The zero-order valence-electron chi connectivity index (χ0n) is 13.9. The van der Waals surface area contributed by atoms with E-state index in [1.165, 1.54) is 0 Å². The van der Waals surface area contributed by atoms with E-state index in [1.54, 1.807) is 30.3 Å². The Balaban J connectivity index is 1.90. The number of aromatic hydroxyl groups is 1. The molecule has 2 aromatic rings. The van der Waals surface area contributed by atoms with Crippen LogP contribution in [-0.4, -0.2) is 23.7 Å². The molecule has 0 spiro atoms. The van der Waals surface area contributed by atoms with Crippen molar-refractivity contribution in [2.75, 3.05) is 6.54 Å². The van der Waals surface area contributed by atoms with Gasteiger partial charge in [-0.05, 0) is 62.6 Å². The van der Waals surface area contributed by atoms with Crippen LogP contribution in [0.2, 0.25) is 5.02 Å². The van der Waals surface area contributed by atoms with Crippen molar-refractivity contribution in [1.82, 2.24) is 5.32 Å². The maximum atomic E-state index is 12.4. The van der Waals surface area contributed by atoms with Gasteiger partial charge in [0.25, 0.3) is 5.91 Å². The van der Waals surface area contributed by atoms with Gasteiger partial charge in [0.1, 0.15) is 11.5 Å². The van der Waals surface area contributed by atoms with Crippen LogP contribution in [0.4, 0.5) is 0 Å². The topological polar surface area (TPSA) is 58.6 Å². The van der Waals surface area contributed by atoms with E-state index >= 15 is 0 Å². The van der Waals surface area contributed by atoms with Gasteiger partial charge < -0.3 is 15.2 Å². The standard InChI is InChI=1S/C19H22ClNO3/c1-13(2)24-18-10-7-15(20)12-17(18)19(23)21-11-3-4-14-5-8-16(22)9-6-14/h5-10,12-13,22H,3-4,11H2,1-2H3,(H,21,23). The second-order valence-corrected chi connectivity index (χ2v) is 6.27. The Morgan fingerprint density at radius 2 is 1.92 bits per heavy atom. The summed E-state index contributed by atoms with van der Waals surface area (Å²) in [6.07, 6.45) is 1.61. The van der Waals surface area contributed by atoms with E-state index in [-0.39, 0.29) is 17.8 Å². The molecule has 4 nitrogen and oxygen atoms in total. The zero-order valence-corrected chi connectivity index (χ0v) is 14.6. The monoisotopic (exact) mass is 347 g/mol. The van der Waals surface area contributed by atoms with Crippen molar-refractivity contribution >= 4 is 17.5 Å². The molecule has 2 N–H and O–H groups in total. The van der Waals surface area contributed by atoms with Crippen LogP contribution in [0, 0.1) is 0 Å². The fourth-order valence-corrected chi connectivity index (χ4v) is 2.46. The molecule has 24 heavy (non-hydrogen) atoms. The van der Waals surface area contributed by atoms with E-state index in [1.807, 2.05) is 26.0 Å². The molecular weight excluding hydrogens is 326 g/mol. The molecule has 0 aliphatic heterocycles. The third-order valence-corrected chi connectivity index (χ3v) is 3.65. The number of benzene rings is 2. The first kappa shape index (κ1) is 18.1. The highest BCUT2D eigenvalue weighted by Crippen LogP contribution is 2.24. The van der Waals surface area contributed by atoms with E-state index in [4.69, 9.17) is 16.3 Å². The SMILES string of the molecule is CC(C)Oc1ccc(Cl)cc1C(=O)NCCCc1ccc(O)cc1. The Labute approximate surface area is 147 Å². The molecular formula is C19H22ClNO3. The largest absolute Gasteiger partial charge is 0.508 e. The predicted octanol–water partition coefficient (Wildman–Crippen LogP) is 4.20. The molecule has 1 amide bonds. The normalized spacial score (nSPS) is 10.7. The van der Waals surface area contributed by atoms with Gasteiger partial charge in [-0.2, -0.15) is 0 Å². The molecule has 0 fully saturated rings. The average molecular weight is 348 g/mol. The van der Waals surface area contributed by atoms with Crippen molar-refractivity contribution in [1.29, 1.82) is 0 Å².